The van der Waals surface area contributed by atoms with Gasteiger partial charge in [-0.25, -0.2) is 4.79 Å². The Labute approximate surface area is 149 Å². The molecule has 0 spiro atoms. The Hall–Kier alpha value is -1.70. The third-order valence-electron chi connectivity index (χ3n) is 3.78. The van der Waals surface area contributed by atoms with Crippen LogP contribution in [0.15, 0.2) is 24.3 Å². The summed E-state index contributed by atoms with van der Waals surface area (Å²) in [5, 5.41) is 13.5. The van der Waals surface area contributed by atoms with E-state index < -0.39 is 0 Å². The molecule has 1 atom stereocenters. The van der Waals surface area contributed by atoms with Gasteiger partial charge in [-0.3, -0.25) is 0 Å². The molecule has 2 amide bonds. The molecule has 0 unspecified atom stereocenters. The maximum absolute atomic E-state index is 12.3. The number of rotatable bonds is 4. The number of amides is 2. The van der Waals surface area contributed by atoms with Gasteiger partial charge < -0.3 is 15.0 Å². The number of hydrogen-bond acceptors (Lipinski definition) is 5. The first-order chi connectivity index (χ1) is 11.6. The number of halogens is 1. The summed E-state index contributed by atoms with van der Waals surface area (Å²) in [5.74, 6) is 0. The van der Waals surface area contributed by atoms with Crippen molar-refractivity contribution in [3.63, 3.8) is 0 Å². The molecule has 0 aliphatic carbocycles. The van der Waals surface area contributed by atoms with E-state index in [1.54, 1.807) is 16.2 Å². The molecular weight excluding hydrogens is 348 g/mol. The van der Waals surface area contributed by atoms with Crippen molar-refractivity contribution in [1.82, 2.24) is 20.4 Å². The van der Waals surface area contributed by atoms with E-state index in [-0.39, 0.29) is 12.1 Å². The monoisotopic (exact) mass is 366 g/mol. The lowest BCUT2D eigenvalue weighted by molar-refractivity contribution is -0.0153. The third-order valence-corrected chi connectivity index (χ3v) is 4.93. The van der Waals surface area contributed by atoms with Gasteiger partial charge >= 0.3 is 6.03 Å². The van der Waals surface area contributed by atoms with E-state index in [0.29, 0.717) is 37.7 Å². The van der Waals surface area contributed by atoms with Crippen LogP contribution in [0.2, 0.25) is 5.02 Å². The van der Waals surface area contributed by atoms with Gasteiger partial charge in [0.2, 0.25) is 0 Å². The smallest absolute Gasteiger partial charge is 0.317 e. The third kappa shape index (κ3) is 4.43. The fourth-order valence-electron chi connectivity index (χ4n) is 2.54. The largest absolute Gasteiger partial charge is 0.370 e. The number of aromatic nitrogens is 2. The van der Waals surface area contributed by atoms with Gasteiger partial charge in [-0.1, -0.05) is 23.7 Å². The Morgan fingerprint density at radius 2 is 2.21 bits per heavy atom. The zero-order valence-corrected chi connectivity index (χ0v) is 14.9. The van der Waals surface area contributed by atoms with Crippen LogP contribution < -0.4 is 5.32 Å². The van der Waals surface area contributed by atoms with Gasteiger partial charge in [0.15, 0.2) is 0 Å². The number of carbonyl (C=O) groups excluding carboxylic acids is 1. The van der Waals surface area contributed by atoms with Gasteiger partial charge in [0, 0.05) is 24.5 Å². The highest BCUT2D eigenvalue weighted by atomic mass is 35.5. The van der Waals surface area contributed by atoms with Crippen LogP contribution in [0.3, 0.4) is 0 Å². The first-order valence-corrected chi connectivity index (χ1v) is 9.00. The fraction of sp³-hybridized carbons (Fsp3) is 0.438. The molecule has 1 aromatic heterocycles. The second-order valence-electron chi connectivity index (χ2n) is 5.55. The topological polar surface area (TPSA) is 67.4 Å². The summed E-state index contributed by atoms with van der Waals surface area (Å²) >= 11 is 7.47. The highest BCUT2D eigenvalue weighted by Gasteiger charge is 2.25. The molecular formula is C16H19ClN4O2S. The summed E-state index contributed by atoms with van der Waals surface area (Å²) in [6.45, 7) is 4.12. The lowest BCUT2D eigenvalue weighted by Crippen LogP contribution is -2.47. The summed E-state index contributed by atoms with van der Waals surface area (Å²) in [5.41, 5.74) is 1.03. The second kappa shape index (κ2) is 7.92. The molecule has 1 aromatic carbocycles. The Balaban J connectivity index is 1.50. The van der Waals surface area contributed by atoms with E-state index in [2.05, 4.69) is 15.5 Å². The highest BCUT2D eigenvalue weighted by molar-refractivity contribution is 7.11. The van der Waals surface area contributed by atoms with Crippen LogP contribution in [0.1, 0.15) is 21.7 Å². The van der Waals surface area contributed by atoms with Crippen LogP contribution in [0.4, 0.5) is 4.79 Å². The van der Waals surface area contributed by atoms with Crippen LogP contribution in [0.25, 0.3) is 0 Å². The fourth-order valence-corrected chi connectivity index (χ4v) is 3.37. The number of ether oxygens (including phenoxy) is 1. The van der Waals surface area contributed by atoms with Crippen LogP contribution >= 0.6 is 22.9 Å². The van der Waals surface area contributed by atoms with Crippen molar-refractivity contribution < 1.29 is 9.53 Å². The average molecular weight is 367 g/mol. The quantitative estimate of drug-likeness (QED) is 0.903. The van der Waals surface area contributed by atoms with Gasteiger partial charge in [-0.2, -0.15) is 0 Å². The van der Waals surface area contributed by atoms with E-state index in [1.807, 2.05) is 31.2 Å². The standard InChI is InChI=1S/C16H19ClN4O2S/c1-11-19-20-15(24-11)6-7-18-16(22)21-8-9-23-14(10-21)12-2-4-13(17)5-3-12/h2-5,14H,6-10H2,1H3,(H,18,22)/t14-/m1/s1. The molecule has 1 saturated heterocycles. The minimum atomic E-state index is -0.118. The van der Waals surface area contributed by atoms with Gasteiger partial charge in [-0.15, -0.1) is 21.5 Å². The number of aryl methyl sites for hydroxylation is 1. The van der Waals surface area contributed by atoms with Crippen LogP contribution in [-0.4, -0.2) is 47.4 Å². The summed E-state index contributed by atoms with van der Waals surface area (Å²) in [4.78, 5) is 14.1. The number of nitrogens with zero attached hydrogens (tertiary/aromatic N) is 3. The number of morpholine rings is 1. The molecule has 0 saturated carbocycles. The van der Waals surface area contributed by atoms with E-state index in [9.17, 15) is 4.79 Å². The van der Waals surface area contributed by atoms with Crippen molar-refractivity contribution in [2.45, 2.75) is 19.4 Å². The molecule has 1 aliphatic heterocycles. The van der Waals surface area contributed by atoms with E-state index >= 15 is 0 Å². The molecule has 1 aliphatic rings. The molecule has 128 valence electrons. The van der Waals surface area contributed by atoms with Gasteiger partial charge in [0.05, 0.1) is 13.2 Å². The number of hydrogen-bond donors (Lipinski definition) is 1. The summed E-state index contributed by atoms with van der Waals surface area (Å²) in [7, 11) is 0. The summed E-state index contributed by atoms with van der Waals surface area (Å²) < 4.78 is 5.78. The number of nitrogens with one attached hydrogen (secondary N) is 1. The minimum absolute atomic E-state index is 0.0708. The molecule has 3 rings (SSSR count). The zero-order valence-electron chi connectivity index (χ0n) is 13.4. The van der Waals surface area contributed by atoms with Crippen LogP contribution in [0.5, 0.6) is 0 Å². The second-order valence-corrected chi connectivity index (χ2v) is 7.26. The van der Waals surface area contributed by atoms with Crippen molar-refractivity contribution >= 4 is 29.0 Å². The van der Waals surface area contributed by atoms with Crippen molar-refractivity contribution in [1.29, 1.82) is 0 Å². The van der Waals surface area contributed by atoms with Crippen molar-refractivity contribution in [2.75, 3.05) is 26.2 Å². The lowest BCUT2D eigenvalue weighted by Gasteiger charge is -2.33. The van der Waals surface area contributed by atoms with E-state index in [1.165, 1.54) is 0 Å². The molecule has 0 bridgehead atoms. The Morgan fingerprint density at radius 3 is 2.92 bits per heavy atom. The maximum Gasteiger partial charge on any atom is 0.317 e. The molecule has 24 heavy (non-hydrogen) atoms. The Morgan fingerprint density at radius 1 is 1.42 bits per heavy atom. The number of carbonyl (C=O) groups is 1. The minimum Gasteiger partial charge on any atom is -0.370 e. The van der Waals surface area contributed by atoms with Gasteiger partial charge in [-0.05, 0) is 24.6 Å². The molecule has 1 N–H and O–H groups in total. The predicted octanol–water partition coefficient (Wildman–Crippen LogP) is 2.83. The normalized spacial score (nSPS) is 17.8. The Kier molecular flexibility index (Phi) is 5.65. The maximum atomic E-state index is 12.3. The van der Waals surface area contributed by atoms with E-state index in [0.717, 1.165) is 15.6 Å². The first kappa shape index (κ1) is 17.1. The van der Waals surface area contributed by atoms with Crippen LogP contribution in [-0.2, 0) is 11.2 Å². The molecule has 0 radical (unpaired) electrons. The van der Waals surface area contributed by atoms with Crippen molar-refractivity contribution in [3.05, 3.63) is 44.9 Å². The number of urea groups is 1. The zero-order chi connectivity index (χ0) is 16.9. The van der Waals surface area contributed by atoms with Crippen LogP contribution in [0, 0.1) is 6.92 Å². The SMILES string of the molecule is Cc1nnc(CCNC(=O)N2CCO[C@@H](c3ccc(Cl)cc3)C2)s1. The molecule has 8 heteroatoms. The van der Waals surface area contributed by atoms with Crippen molar-refractivity contribution in [2.24, 2.45) is 0 Å². The first-order valence-electron chi connectivity index (χ1n) is 7.80. The molecule has 2 aromatic rings. The predicted molar refractivity (Wildman–Crippen MR) is 93.5 cm³/mol. The molecule has 2 heterocycles. The highest BCUT2D eigenvalue weighted by Crippen LogP contribution is 2.23. The Bertz CT molecular complexity index is 692. The lowest BCUT2D eigenvalue weighted by atomic mass is 10.1. The summed E-state index contributed by atoms with van der Waals surface area (Å²) in [6, 6.07) is 7.48. The number of benzene rings is 1. The molecule has 1 fully saturated rings. The summed E-state index contributed by atoms with van der Waals surface area (Å²) in [6.07, 6.45) is 0.579. The van der Waals surface area contributed by atoms with Gasteiger partial charge in [0.1, 0.15) is 16.1 Å². The van der Waals surface area contributed by atoms with E-state index in [4.69, 9.17) is 16.3 Å². The molecule has 6 nitrogen and oxygen atoms in total. The average Bonchev–Trinajstić information content (AvgIpc) is 3.01. The van der Waals surface area contributed by atoms with Gasteiger partial charge in [0.25, 0.3) is 0 Å². The van der Waals surface area contributed by atoms with Crippen molar-refractivity contribution in [3.8, 4) is 0 Å².